The lowest BCUT2D eigenvalue weighted by atomic mass is 10.0. The molecule has 2 rings (SSSR count). The Kier molecular flexibility index (Phi) is 5.52. The van der Waals surface area contributed by atoms with E-state index in [1.54, 1.807) is 0 Å². The van der Waals surface area contributed by atoms with Crippen molar-refractivity contribution in [3.05, 3.63) is 29.3 Å². The van der Waals surface area contributed by atoms with Crippen LogP contribution in [0.25, 0.3) is 0 Å². The van der Waals surface area contributed by atoms with Crippen LogP contribution in [0.15, 0.2) is 18.2 Å². The molecule has 144 valence electrons. The SMILES string of the molecule is CC1CCCN(C(=O)C(=O)Nc2cc(C(F)(F)F)cc(C(F)(F)F)c2)C1. The molecule has 1 heterocycles. The first-order valence-electron chi connectivity index (χ1n) is 7.77. The fourth-order valence-corrected chi connectivity index (χ4v) is 2.73. The van der Waals surface area contributed by atoms with Gasteiger partial charge in [-0.3, -0.25) is 9.59 Å². The maximum atomic E-state index is 12.8. The van der Waals surface area contributed by atoms with Crippen molar-refractivity contribution >= 4 is 17.5 Å². The molecule has 0 radical (unpaired) electrons. The standard InChI is InChI=1S/C16H16F6N2O2/c1-9-3-2-4-24(8-9)14(26)13(25)23-12-6-10(15(17,18)19)5-11(7-12)16(20,21)22/h5-7,9H,2-4,8H2,1H3,(H,23,25). The van der Waals surface area contributed by atoms with Gasteiger partial charge in [-0.05, 0) is 37.0 Å². The van der Waals surface area contributed by atoms with Gasteiger partial charge in [0.15, 0.2) is 0 Å². The van der Waals surface area contributed by atoms with Gasteiger partial charge < -0.3 is 10.2 Å². The van der Waals surface area contributed by atoms with E-state index in [4.69, 9.17) is 0 Å². The molecule has 1 aliphatic rings. The number of rotatable bonds is 1. The molecule has 0 spiro atoms. The van der Waals surface area contributed by atoms with Crippen molar-refractivity contribution in [3.63, 3.8) is 0 Å². The van der Waals surface area contributed by atoms with Crippen LogP contribution in [0.4, 0.5) is 32.0 Å². The molecule has 0 aliphatic carbocycles. The lowest BCUT2D eigenvalue weighted by molar-refractivity contribution is -0.144. The van der Waals surface area contributed by atoms with E-state index in [0.717, 1.165) is 6.42 Å². The molecule has 0 aromatic heterocycles. The monoisotopic (exact) mass is 382 g/mol. The molecule has 10 heteroatoms. The van der Waals surface area contributed by atoms with Crippen LogP contribution in [0.5, 0.6) is 0 Å². The average molecular weight is 382 g/mol. The second-order valence-corrected chi connectivity index (χ2v) is 6.25. The van der Waals surface area contributed by atoms with E-state index in [1.807, 2.05) is 12.2 Å². The van der Waals surface area contributed by atoms with E-state index in [0.29, 0.717) is 31.6 Å². The van der Waals surface area contributed by atoms with Gasteiger partial charge >= 0.3 is 24.2 Å². The summed E-state index contributed by atoms with van der Waals surface area (Å²) in [5.74, 6) is -2.10. The Morgan fingerprint density at radius 3 is 2.04 bits per heavy atom. The Hall–Kier alpha value is -2.26. The zero-order chi connectivity index (χ0) is 19.7. The minimum Gasteiger partial charge on any atom is -0.334 e. The Balaban J connectivity index is 2.24. The highest BCUT2D eigenvalue weighted by Crippen LogP contribution is 2.37. The Bertz CT molecular complexity index is 667. The van der Waals surface area contributed by atoms with E-state index >= 15 is 0 Å². The molecular weight excluding hydrogens is 366 g/mol. The number of amides is 2. The fraction of sp³-hybridized carbons (Fsp3) is 0.500. The molecule has 1 aromatic carbocycles. The third-order valence-corrected chi connectivity index (χ3v) is 3.98. The lowest BCUT2D eigenvalue weighted by Gasteiger charge is -2.30. The number of hydrogen-bond donors (Lipinski definition) is 1. The summed E-state index contributed by atoms with van der Waals surface area (Å²) in [6.45, 7) is 2.50. The second-order valence-electron chi connectivity index (χ2n) is 6.25. The van der Waals surface area contributed by atoms with Crippen LogP contribution in [0, 0.1) is 5.92 Å². The number of nitrogens with zero attached hydrogens (tertiary/aromatic N) is 1. The van der Waals surface area contributed by atoms with Crippen molar-refractivity contribution in [2.75, 3.05) is 18.4 Å². The first-order valence-corrected chi connectivity index (χ1v) is 7.77. The van der Waals surface area contributed by atoms with Gasteiger partial charge in [0.25, 0.3) is 0 Å². The predicted octanol–water partition coefficient (Wildman–Crippen LogP) is 3.92. The minimum atomic E-state index is -5.03. The van der Waals surface area contributed by atoms with E-state index in [1.165, 1.54) is 4.90 Å². The van der Waals surface area contributed by atoms with E-state index in [-0.39, 0.29) is 12.0 Å². The van der Waals surface area contributed by atoms with Gasteiger partial charge in [0.1, 0.15) is 0 Å². The number of alkyl halides is 6. The zero-order valence-corrected chi connectivity index (χ0v) is 13.7. The van der Waals surface area contributed by atoms with Crippen molar-refractivity contribution in [2.24, 2.45) is 5.92 Å². The first-order chi connectivity index (χ1) is 11.9. The molecule has 4 nitrogen and oxygen atoms in total. The molecule has 1 aromatic rings. The number of anilines is 1. The number of piperidine rings is 1. The van der Waals surface area contributed by atoms with Gasteiger partial charge in [-0.15, -0.1) is 0 Å². The molecule has 1 aliphatic heterocycles. The van der Waals surface area contributed by atoms with Crippen molar-refractivity contribution in [1.29, 1.82) is 0 Å². The van der Waals surface area contributed by atoms with Crippen molar-refractivity contribution in [2.45, 2.75) is 32.1 Å². The van der Waals surface area contributed by atoms with Crippen LogP contribution in [0.3, 0.4) is 0 Å². The van der Waals surface area contributed by atoms with Crippen molar-refractivity contribution in [1.82, 2.24) is 4.90 Å². The highest BCUT2D eigenvalue weighted by molar-refractivity contribution is 6.39. The zero-order valence-electron chi connectivity index (χ0n) is 13.7. The molecule has 1 atom stereocenters. The molecule has 26 heavy (non-hydrogen) atoms. The average Bonchev–Trinajstić information content (AvgIpc) is 2.52. The van der Waals surface area contributed by atoms with E-state index in [9.17, 15) is 35.9 Å². The molecule has 1 unspecified atom stereocenters. The number of hydrogen-bond acceptors (Lipinski definition) is 2. The predicted molar refractivity (Wildman–Crippen MR) is 80.1 cm³/mol. The molecule has 0 bridgehead atoms. The van der Waals surface area contributed by atoms with Gasteiger partial charge in [0.2, 0.25) is 0 Å². The first kappa shape index (κ1) is 20.1. The van der Waals surface area contributed by atoms with E-state index in [2.05, 4.69) is 0 Å². The minimum absolute atomic E-state index is 0.0518. The second kappa shape index (κ2) is 7.16. The topological polar surface area (TPSA) is 49.4 Å². The highest BCUT2D eigenvalue weighted by Gasteiger charge is 2.37. The van der Waals surface area contributed by atoms with Gasteiger partial charge in [-0.2, -0.15) is 26.3 Å². The molecule has 1 N–H and O–H groups in total. The summed E-state index contributed by atoms with van der Waals surface area (Å²) in [4.78, 5) is 25.3. The number of halogens is 6. The summed E-state index contributed by atoms with van der Waals surface area (Å²) in [5.41, 5.74) is -3.88. The maximum Gasteiger partial charge on any atom is 0.416 e. The molecule has 1 fully saturated rings. The molecular formula is C16H16F6N2O2. The van der Waals surface area contributed by atoms with Crippen LogP contribution in [0.1, 0.15) is 30.9 Å². The van der Waals surface area contributed by atoms with Crippen LogP contribution in [0.2, 0.25) is 0 Å². The third-order valence-electron chi connectivity index (χ3n) is 3.98. The quantitative estimate of drug-likeness (QED) is 0.591. The van der Waals surface area contributed by atoms with Crippen LogP contribution in [-0.4, -0.2) is 29.8 Å². The highest BCUT2D eigenvalue weighted by atomic mass is 19.4. The van der Waals surface area contributed by atoms with Gasteiger partial charge in [0.05, 0.1) is 11.1 Å². The number of likely N-dealkylation sites (tertiary alicyclic amines) is 1. The number of benzene rings is 1. The fourth-order valence-electron chi connectivity index (χ4n) is 2.73. The molecule has 0 saturated carbocycles. The number of nitrogens with one attached hydrogen (secondary N) is 1. The Labute approximate surface area is 145 Å². The maximum absolute atomic E-state index is 12.8. The van der Waals surface area contributed by atoms with Crippen molar-refractivity contribution < 1.29 is 35.9 Å². The number of carbonyl (C=O) groups is 2. The lowest BCUT2D eigenvalue weighted by Crippen LogP contribution is -2.44. The van der Waals surface area contributed by atoms with Crippen LogP contribution >= 0.6 is 0 Å². The van der Waals surface area contributed by atoms with Gasteiger partial charge in [-0.1, -0.05) is 6.92 Å². The summed E-state index contributed by atoms with van der Waals surface area (Å²) in [6, 6.07) is 0.669. The van der Waals surface area contributed by atoms with Crippen LogP contribution in [-0.2, 0) is 21.9 Å². The smallest absolute Gasteiger partial charge is 0.334 e. The summed E-state index contributed by atoms with van der Waals surface area (Å²) in [7, 11) is 0. The third kappa shape index (κ3) is 4.89. The summed E-state index contributed by atoms with van der Waals surface area (Å²) in [6.07, 6.45) is -8.53. The van der Waals surface area contributed by atoms with Crippen molar-refractivity contribution in [3.8, 4) is 0 Å². The van der Waals surface area contributed by atoms with E-state index < -0.39 is 41.0 Å². The summed E-state index contributed by atoms with van der Waals surface area (Å²) >= 11 is 0. The summed E-state index contributed by atoms with van der Waals surface area (Å²) < 4.78 is 76.9. The van der Waals surface area contributed by atoms with Gasteiger partial charge in [-0.25, -0.2) is 0 Å². The Morgan fingerprint density at radius 2 is 1.58 bits per heavy atom. The summed E-state index contributed by atoms with van der Waals surface area (Å²) in [5, 5.41) is 1.85. The molecule has 2 amide bonds. The molecule has 1 saturated heterocycles. The van der Waals surface area contributed by atoms with Gasteiger partial charge in [0, 0.05) is 18.8 Å². The number of carbonyl (C=O) groups excluding carboxylic acids is 2. The largest absolute Gasteiger partial charge is 0.416 e. The Morgan fingerprint density at radius 1 is 1.04 bits per heavy atom. The normalized spacial score (nSPS) is 18.6. The van der Waals surface area contributed by atoms with Crippen LogP contribution < -0.4 is 5.32 Å².